The average Bonchev–Trinajstić information content (AvgIpc) is 2.50. The standard InChI is InChI=1S/C15H15N3O2/c1-2-13(12-7-3-4-8-14(12)19)17-18-15(20)11-6-5-9-16-10-11/h3-10,19H,2H2,1H3,(H,18,20)/b17-13-. The van der Waals surface area contributed by atoms with Gasteiger partial charge in [-0.2, -0.15) is 5.10 Å². The summed E-state index contributed by atoms with van der Waals surface area (Å²) >= 11 is 0. The zero-order valence-electron chi connectivity index (χ0n) is 11.1. The molecule has 1 amide bonds. The van der Waals surface area contributed by atoms with Gasteiger partial charge in [-0.15, -0.1) is 0 Å². The van der Waals surface area contributed by atoms with E-state index in [0.29, 0.717) is 23.3 Å². The molecule has 5 nitrogen and oxygen atoms in total. The Kier molecular flexibility index (Phi) is 4.44. The van der Waals surface area contributed by atoms with Gasteiger partial charge in [0.1, 0.15) is 5.75 Å². The van der Waals surface area contributed by atoms with E-state index in [4.69, 9.17) is 0 Å². The number of phenols is 1. The summed E-state index contributed by atoms with van der Waals surface area (Å²) in [6, 6.07) is 10.2. The molecule has 1 heterocycles. The number of pyridine rings is 1. The number of hydrogen-bond acceptors (Lipinski definition) is 4. The Balaban J connectivity index is 2.17. The fourth-order valence-electron chi connectivity index (χ4n) is 1.73. The van der Waals surface area contributed by atoms with E-state index in [1.54, 1.807) is 36.5 Å². The lowest BCUT2D eigenvalue weighted by Gasteiger charge is -2.07. The zero-order valence-corrected chi connectivity index (χ0v) is 11.1. The monoisotopic (exact) mass is 269 g/mol. The molecule has 0 spiro atoms. The van der Waals surface area contributed by atoms with E-state index >= 15 is 0 Å². The molecule has 0 unspecified atom stereocenters. The quantitative estimate of drug-likeness (QED) is 0.660. The van der Waals surface area contributed by atoms with Crippen LogP contribution in [-0.4, -0.2) is 21.7 Å². The highest BCUT2D eigenvalue weighted by atomic mass is 16.3. The summed E-state index contributed by atoms with van der Waals surface area (Å²) in [6.07, 6.45) is 3.65. The lowest BCUT2D eigenvalue weighted by molar-refractivity contribution is 0.0954. The number of amides is 1. The van der Waals surface area contributed by atoms with Gasteiger partial charge in [0.05, 0.1) is 11.3 Å². The fraction of sp³-hybridized carbons (Fsp3) is 0.133. The van der Waals surface area contributed by atoms with Gasteiger partial charge in [-0.3, -0.25) is 9.78 Å². The lowest BCUT2D eigenvalue weighted by atomic mass is 10.1. The number of rotatable bonds is 4. The van der Waals surface area contributed by atoms with Crippen molar-refractivity contribution < 1.29 is 9.90 Å². The SMILES string of the molecule is CC/C(=N/NC(=O)c1cccnc1)c1ccccc1O. The molecule has 0 saturated heterocycles. The minimum Gasteiger partial charge on any atom is -0.507 e. The maximum Gasteiger partial charge on any atom is 0.272 e. The molecule has 102 valence electrons. The van der Waals surface area contributed by atoms with Crippen molar-refractivity contribution in [3.8, 4) is 5.75 Å². The first-order valence-electron chi connectivity index (χ1n) is 6.27. The number of hydrogen-bond donors (Lipinski definition) is 2. The molecule has 0 bridgehead atoms. The van der Waals surface area contributed by atoms with Crippen molar-refractivity contribution in [1.29, 1.82) is 0 Å². The highest BCUT2D eigenvalue weighted by molar-refractivity contribution is 6.03. The van der Waals surface area contributed by atoms with E-state index in [0.717, 1.165) is 0 Å². The number of hydrazone groups is 1. The summed E-state index contributed by atoms with van der Waals surface area (Å²) in [4.78, 5) is 15.7. The van der Waals surface area contributed by atoms with Crippen molar-refractivity contribution in [3.63, 3.8) is 0 Å². The van der Waals surface area contributed by atoms with Crippen LogP contribution in [0.15, 0.2) is 53.9 Å². The predicted octanol–water partition coefficient (Wildman–Crippen LogP) is 2.33. The summed E-state index contributed by atoms with van der Waals surface area (Å²) < 4.78 is 0. The molecule has 0 saturated carbocycles. The third kappa shape index (κ3) is 3.20. The van der Waals surface area contributed by atoms with Gasteiger partial charge >= 0.3 is 0 Å². The molecule has 0 aliphatic heterocycles. The van der Waals surface area contributed by atoms with Crippen LogP contribution >= 0.6 is 0 Å². The molecule has 5 heteroatoms. The van der Waals surface area contributed by atoms with Crippen LogP contribution in [0.4, 0.5) is 0 Å². The van der Waals surface area contributed by atoms with Crippen molar-refractivity contribution in [2.75, 3.05) is 0 Å². The second kappa shape index (κ2) is 6.47. The second-order valence-corrected chi connectivity index (χ2v) is 4.11. The predicted molar refractivity (Wildman–Crippen MR) is 76.6 cm³/mol. The van der Waals surface area contributed by atoms with Crippen molar-refractivity contribution in [2.24, 2.45) is 5.10 Å². The van der Waals surface area contributed by atoms with E-state index in [2.05, 4.69) is 15.5 Å². The maximum atomic E-state index is 11.9. The lowest BCUT2D eigenvalue weighted by Crippen LogP contribution is -2.20. The molecule has 0 atom stereocenters. The minimum atomic E-state index is -0.334. The normalized spacial score (nSPS) is 11.2. The summed E-state index contributed by atoms with van der Waals surface area (Å²) in [5, 5.41) is 13.9. The number of para-hydroxylation sites is 1. The van der Waals surface area contributed by atoms with E-state index < -0.39 is 0 Å². The fourth-order valence-corrected chi connectivity index (χ4v) is 1.73. The molecule has 20 heavy (non-hydrogen) atoms. The Hall–Kier alpha value is -2.69. The largest absolute Gasteiger partial charge is 0.507 e. The van der Waals surface area contributed by atoms with Crippen LogP contribution in [0.1, 0.15) is 29.3 Å². The van der Waals surface area contributed by atoms with Crippen molar-refractivity contribution in [1.82, 2.24) is 10.4 Å². The van der Waals surface area contributed by atoms with Gasteiger partial charge in [0.2, 0.25) is 0 Å². The van der Waals surface area contributed by atoms with Crippen LogP contribution in [0.3, 0.4) is 0 Å². The summed E-state index contributed by atoms with van der Waals surface area (Å²) in [5.74, 6) is -0.191. The second-order valence-electron chi connectivity index (χ2n) is 4.11. The van der Waals surface area contributed by atoms with Gasteiger partial charge in [0, 0.05) is 18.0 Å². The van der Waals surface area contributed by atoms with Gasteiger partial charge < -0.3 is 5.11 Å². The first-order chi connectivity index (χ1) is 9.72. The van der Waals surface area contributed by atoms with Gasteiger partial charge in [-0.1, -0.05) is 19.1 Å². The Labute approximate surface area is 117 Å². The summed E-state index contributed by atoms with van der Waals surface area (Å²) in [7, 11) is 0. The van der Waals surface area contributed by atoms with Crippen LogP contribution < -0.4 is 5.43 Å². The Morgan fingerprint density at radius 1 is 1.30 bits per heavy atom. The van der Waals surface area contributed by atoms with Gasteiger partial charge in [0.15, 0.2) is 0 Å². The summed E-state index contributed by atoms with van der Waals surface area (Å²) in [6.45, 7) is 1.90. The van der Waals surface area contributed by atoms with Crippen molar-refractivity contribution in [2.45, 2.75) is 13.3 Å². The number of aromatic nitrogens is 1. The molecule has 0 aliphatic carbocycles. The number of benzene rings is 1. The number of phenolic OH excluding ortho intramolecular Hbond substituents is 1. The smallest absolute Gasteiger partial charge is 0.272 e. The number of nitrogens with zero attached hydrogens (tertiary/aromatic N) is 2. The van der Waals surface area contributed by atoms with Crippen LogP contribution in [0.5, 0.6) is 5.75 Å². The molecule has 1 aromatic carbocycles. The zero-order chi connectivity index (χ0) is 14.4. The van der Waals surface area contributed by atoms with Crippen LogP contribution in [-0.2, 0) is 0 Å². The van der Waals surface area contributed by atoms with Gasteiger partial charge in [-0.05, 0) is 30.7 Å². The first-order valence-corrected chi connectivity index (χ1v) is 6.27. The van der Waals surface area contributed by atoms with Gasteiger partial charge in [0.25, 0.3) is 5.91 Å². The highest BCUT2D eigenvalue weighted by Crippen LogP contribution is 2.17. The number of aromatic hydroxyl groups is 1. The molecular formula is C15H15N3O2. The Morgan fingerprint density at radius 3 is 2.75 bits per heavy atom. The molecule has 0 fully saturated rings. The van der Waals surface area contributed by atoms with E-state index in [1.807, 2.05) is 13.0 Å². The molecule has 2 N–H and O–H groups in total. The number of nitrogens with one attached hydrogen (secondary N) is 1. The Morgan fingerprint density at radius 2 is 2.10 bits per heavy atom. The number of carbonyl (C=O) groups excluding carboxylic acids is 1. The highest BCUT2D eigenvalue weighted by Gasteiger charge is 2.08. The third-order valence-electron chi connectivity index (χ3n) is 2.77. The molecule has 0 aliphatic rings. The minimum absolute atomic E-state index is 0.142. The summed E-state index contributed by atoms with van der Waals surface area (Å²) in [5.41, 5.74) is 4.13. The van der Waals surface area contributed by atoms with E-state index in [-0.39, 0.29) is 11.7 Å². The maximum absolute atomic E-state index is 11.9. The third-order valence-corrected chi connectivity index (χ3v) is 2.77. The van der Waals surface area contributed by atoms with Gasteiger partial charge in [-0.25, -0.2) is 5.43 Å². The number of carbonyl (C=O) groups is 1. The van der Waals surface area contributed by atoms with Crippen molar-refractivity contribution >= 4 is 11.6 Å². The van der Waals surface area contributed by atoms with E-state index in [9.17, 15) is 9.90 Å². The molecule has 2 aromatic rings. The molecule has 0 radical (unpaired) electrons. The topological polar surface area (TPSA) is 74.6 Å². The molecule has 2 rings (SSSR count). The Bertz CT molecular complexity index is 624. The van der Waals surface area contributed by atoms with Crippen LogP contribution in [0, 0.1) is 0 Å². The van der Waals surface area contributed by atoms with Crippen LogP contribution in [0.2, 0.25) is 0 Å². The first kappa shape index (κ1) is 13.7. The molecule has 1 aromatic heterocycles. The van der Waals surface area contributed by atoms with Crippen molar-refractivity contribution in [3.05, 3.63) is 59.9 Å². The average molecular weight is 269 g/mol. The van der Waals surface area contributed by atoms with E-state index in [1.165, 1.54) is 6.20 Å². The van der Waals surface area contributed by atoms with Crippen LogP contribution in [0.25, 0.3) is 0 Å². The molecular weight excluding hydrogens is 254 g/mol.